The third kappa shape index (κ3) is 5.20. The zero-order valence-corrected chi connectivity index (χ0v) is 21.3. The number of carbonyl (C=O) groups excluding carboxylic acids is 1. The van der Waals surface area contributed by atoms with Crippen molar-refractivity contribution in [2.45, 2.75) is 18.2 Å². The summed E-state index contributed by atoms with van der Waals surface area (Å²) < 4.78 is 31.9. The third-order valence-corrected chi connectivity index (χ3v) is 8.38. The van der Waals surface area contributed by atoms with Crippen LogP contribution in [0.25, 0.3) is 21.2 Å². The number of fused-ring (bicyclic) bond motifs is 2. The highest BCUT2D eigenvalue weighted by molar-refractivity contribution is 7.91. The van der Waals surface area contributed by atoms with E-state index in [-0.39, 0.29) is 27.4 Å². The molecule has 37 heavy (non-hydrogen) atoms. The SMILES string of the molecule is Cc1ccc2nc(N(/N=C/c3coc4ccccc4c3=O)C(=O)CCS(=O)(=O)c3ccccc3)sc2c1. The van der Waals surface area contributed by atoms with Crippen LogP contribution in [0.15, 0.2) is 98.3 Å². The number of aromatic nitrogens is 1. The number of sulfone groups is 1. The number of benzene rings is 3. The number of hydrazone groups is 1. The smallest absolute Gasteiger partial charge is 0.250 e. The molecule has 8 nitrogen and oxygen atoms in total. The maximum Gasteiger partial charge on any atom is 0.250 e. The lowest BCUT2D eigenvalue weighted by Crippen LogP contribution is -2.28. The number of para-hydroxylation sites is 1. The van der Waals surface area contributed by atoms with Crippen molar-refractivity contribution in [3.63, 3.8) is 0 Å². The lowest BCUT2D eigenvalue weighted by molar-refractivity contribution is -0.118. The molecule has 1 amide bonds. The maximum atomic E-state index is 13.3. The minimum absolute atomic E-state index is 0.141. The standard InChI is InChI=1S/C27H21N3O5S2/c1-18-11-12-22-24(15-18)36-27(29-22)30(25(31)13-14-37(33,34)20-7-3-2-4-8-20)28-16-19-17-35-23-10-6-5-9-21(23)26(19)32/h2-12,15-17H,13-14H2,1H3/b28-16+. The number of nitrogens with zero attached hydrogens (tertiary/aromatic N) is 3. The first-order chi connectivity index (χ1) is 17.8. The van der Waals surface area contributed by atoms with Crippen molar-refractivity contribution in [1.82, 2.24) is 4.98 Å². The number of hydrogen-bond donors (Lipinski definition) is 0. The molecule has 0 bridgehead atoms. The van der Waals surface area contributed by atoms with Gasteiger partial charge in [-0.25, -0.2) is 13.4 Å². The highest BCUT2D eigenvalue weighted by Gasteiger charge is 2.23. The number of rotatable bonds is 7. The number of carbonyl (C=O) groups is 1. The fraction of sp³-hybridized carbons (Fsp3) is 0.111. The van der Waals surface area contributed by atoms with E-state index in [1.54, 1.807) is 42.5 Å². The van der Waals surface area contributed by atoms with Gasteiger partial charge in [0.15, 0.2) is 9.84 Å². The van der Waals surface area contributed by atoms with Crippen LogP contribution in [0.2, 0.25) is 0 Å². The van der Waals surface area contributed by atoms with Crippen molar-refractivity contribution in [3.8, 4) is 0 Å². The van der Waals surface area contributed by atoms with E-state index < -0.39 is 21.5 Å². The Morgan fingerprint density at radius 1 is 1.08 bits per heavy atom. The van der Waals surface area contributed by atoms with Gasteiger partial charge in [0.1, 0.15) is 11.8 Å². The number of aryl methyl sites for hydroxylation is 1. The van der Waals surface area contributed by atoms with Crippen LogP contribution in [-0.2, 0) is 14.6 Å². The quantitative estimate of drug-likeness (QED) is 0.217. The Hall–Kier alpha value is -4.15. The van der Waals surface area contributed by atoms with Gasteiger partial charge in [0.25, 0.3) is 5.91 Å². The van der Waals surface area contributed by atoms with E-state index in [2.05, 4.69) is 10.1 Å². The summed E-state index contributed by atoms with van der Waals surface area (Å²) in [5.74, 6) is -0.971. The van der Waals surface area contributed by atoms with Crippen LogP contribution < -0.4 is 10.4 Å². The molecule has 2 heterocycles. The Morgan fingerprint density at radius 2 is 1.84 bits per heavy atom. The highest BCUT2D eigenvalue weighted by atomic mass is 32.2. The van der Waals surface area contributed by atoms with Crippen molar-refractivity contribution < 1.29 is 17.6 Å². The molecule has 5 aromatic rings. The summed E-state index contributed by atoms with van der Waals surface area (Å²) in [5.41, 5.74) is 1.99. The Kier molecular flexibility index (Phi) is 6.68. The van der Waals surface area contributed by atoms with E-state index >= 15 is 0 Å². The van der Waals surface area contributed by atoms with Gasteiger partial charge < -0.3 is 4.42 Å². The van der Waals surface area contributed by atoms with Gasteiger partial charge in [-0.15, -0.1) is 0 Å². The predicted octanol–water partition coefficient (Wildman–Crippen LogP) is 4.94. The normalized spacial score (nSPS) is 11.9. The Balaban J connectivity index is 1.49. The lowest BCUT2D eigenvalue weighted by Gasteiger charge is -2.14. The molecule has 0 N–H and O–H groups in total. The zero-order chi connectivity index (χ0) is 26.0. The minimum Gasteiger partial charge on any atom is -0.463 e. The molecule has 0 saturated carbocycles. The number of amides is 1. The summed E-state index contributed by atoms with van der Waals surface area (Å²) in [6.07, 6.45) is 2.19. The van der Waals surface area contributed by atoms with Crippen molar-refractivity contribution in [3.05, 3.63) is 100 Å². The van der Waals surface area contributed by atoms with Gasteiger partial charge in [-0.2, -0.15) is 10.1 Å². The van der Waals surface area contributed by atoms with E-state index in [0.29, 0.717) is 16.5 Å². The molecule has 5 rings (SSSR count). The molecule has 0 spiro atoms. The monoisotopic (exact) mass is 531 g/mol. The van der Waals surface area contributed by atoms with Crippen LogP contribution in [0.5, 0.6) is 0 Å². The first-order valence-electron chi connectivity index (χ1n) is 11.3. The largest absolute Gasteiger partial charge is 0.463 e. The fourth-order valence-corrected chi connectivity index (χ4v) is 6.00. The Labute approximate surface area is 216 Å². The van der Waals surface area contributed by atoms with Crippen LogP contribution in [0, 0.1) is 6.92 Å². The van der Waals surface area contributed by atoms with E-state index in [0.717, 1.165) is 15.3 Å². The van der Waals surface area contributed by atoms with E-state index in [1.165, 1.54) is 35.9 Å². The number of anilines is 1. The van der Waals surface area contributed by atoms with E-state index in [9.17, 15) is 18.0 Å². The average molecular weight is 532 g/mol. The molecule has 0 saturated heterocycles. The molecule has 10 heteroatoms. The van der Waals surface area contributed by atoms with Crippen molar-refractivity contribution in [1.29, 1.82) is 0 Å². The van der Waals surface area contributed by atoms with Crippen molar-refractivity contribution in [2.75, 3.05) is 10.8 Å². The summed E-state index contributed by atoms with van der Waals surface area (Å²) in [6.45, 7) is 1.95. The second-order valence-electron chi connectivity index (χ2n) is 8.32. The molecule has 186 valence electrons. The summed E-state index contributed by atoms with van der Waals surface area (Å²) in [5, 5.41) is 5.98. The molecule has 0 unspecified atom stereocenters. The summed E-state index contributed by atoms with van der Waals surface area (Å²) >= 11 is 1.25. The van der Waals surface area contributed by atoms with Gasteiger partial charge in [0.05, 0.1) is 38.0 Å². The number of thiazole rings is 1. The molecule has 0 aliphatic heterocycles. The van der Waals surface area contributed by atoms with Gasteiger partial charge in [-0.3, -0.25) is 9.59 Å². The van der Waals surface area contributed by atoms with Crippen LogP contribution in [0.4, 0.5) is 5.13 Å². The highest BCUT2D eigenvalue weighted by Crippen LogP contribution is 2.30. The Bertz CT molecular complexity index is 1810. The molecule has 0 fully saturated rings. The maximum absolute atomic E-state index is 13.3. The molecule has 0 aliphatic rings. The molecule has 0 atom stereocenters. The van der Waals surface area contributed by atoms with Gasteiger partial charge in [-0.05, 0) is 48.9 Å². The third-order valence-electron chi connectivity index (χ3n) is 5.66. The molecular formula is C27H21N3O5S2. The molecule has 2 aromatic heterocycles. The average Bonchev–Trinajstić information content (AvgIpc) is 3.32. The van der Waals surface area contributed by atoms with Crippen LogP contribution in [-0.4, -0.2) is 31.3 Å². The van der Waals surface area contributed by atoms with Crippen LogP contribution >= 0.6 is 11.3 Å². The van der Waals surface area contributed by atoms with E-state index in [1.807, 2.05) is 25.1 Å². The summed E-state index contributed by atoms with van der Waals surface area (Å²) in [6, 6.07) is 20.5. The molecule has 0 aliphatic carbocycles. The molecular weight excluding hydrogens is 510 g/mol. The van der Waals surface area contributed by atoms with Crippen LogP contribution in [0.1, 0.15) is 17.5 Å². The van der Waals surface area contributed by atoms with Gasteiger partial charge in [-0.1, -0.05) is 47.7 Å². The lowest BCUT2D eigenvalue weighted by atomic mass is 10.2. The number of hydrogen-bond acceptors (Lipinski definition) is 8. The van der Waals surface area contributed by atoms with Gasteiger partial charge >= 0.3 is 0 Å². The van der Waals surface area contributed by atoms with Crippen LogP contribution in [0.3, 0.4) is 0 Å². The first-order valence-corrected chi connectivity index (χ1v) is 13.8. The van der Waals surface area contributed by atoms with E-state index in [4.69, 9.17) is 4.42 Å². The Morgan fingerprint density at radius 3 is 2.65 bits per heavy atom. The summed E-state index contributed by atoms with van der Waals surface area (Å²) in [7, 11) is -3.68. The minimum atomic E-state index is -3.68. The van der Waals surface area contributed by atoms with Crippen molar-refractivity contribution >= 4 is 59.6 Å². The molecule has 0 radical (unpaired) electrons. The van der Waals surface area contributed by atoms with Crippen molar-refractivity contribution in [2.24, 2.45) is 5.10 Å². The zero-order valence-electron chi connectivity index (χ0n) is 19.7. The first kappa shape index (κ1) is 24.5. The van der Waals surface area contributed by atoms with Gasteiger partial charge in [0.2, 0.25) is 10.6 Å². The fourth-order valence-electron chi connectivity index (χ4n) is 3.71. The second kappa shape index (κ2) is 10.1. The summed E-state index contributed by atoms with van der Waals surface area (Å²) in [4.78, 5) is 30.9. The predicted molar refractivity (Wildman–Crippen MR) is 145 cm³/mol. The molecule has 3 aromatic carbocycles. The van der Waals surface area contributed by atoms with Gasteiger partial charge in [0, 0.05) is 6.42 Å². The second-order valence-corrected chi connectivity index (χ2v) is 11.4. The topological polar surface area (TPSA) is 110 Å².